The number of hydrogen-bond donors (Lipinski definition) is 1. The summed E-state index contributed by atoms with van der Waals surface area (Å²) in [6, 6.07) is 11.5. The number of ether oxygens (including phenoxy) is 2. The van der Waals surface area contributed by atoms with Crippen molar-refractivity contribution in [1.82, 2.24) is 5.16 Å². The molecule has 6 heteroatoms. The van der Waals surface area contributed by atoms with Gasteiger partial charge in [0, 0.05) is 0 Å². The average molecular weight is 380 g/mol. The number of aryl methyl sites for hydroxylation is 4. The predicted molar refractivity (Wildman–Crippen MR) is 107 cm³/mol. The van der Waals surface area contributed by atoms with Crippen molar-refractivity contribution < 1.29 is 18.8 Å². The van der Waals surface area contributed by atoms with Crippen LogP contribution in [0, 0.1) is 27.7 Å². The predicted octanol–water partition coefficient (Wildman–Crippen LogP) is 4.75. The lowest BCUT2D eigenvalue weighted by Gasteiger charge is -2.13. The third-order valence-corrected chi connectivity index (χ3v) is 4.57. The molecule has 1 N–H and O–H groups in total. The molecule has 6 nitrogen and oxygen atoms in total. The Morgan fingerprint density at radius 2 is 1.82 bits per heavy atom. The average Bonchev–Trinajstić information content (AvgIpc) is 3.02. The van der Waals surface area contributed by atoms with Crippen LogP contribution >= 0.6 is 0 Å². The highest BCUT2D eigenvalue weighted by atomic mass is 16.5. The molecule has 0 radical (unpaired) electrons. The zero-order valence-electron chi connectivity index (χ0n) is 16.8. The van der Waals surface area contributed by atoms with Crippen molar-refractivity contribution in [2.24, 2.45) is 0 Å². The summed E-state index contributed by atoms with van der Waals surface area (Å²) in [5, 5.41) is 6.79. The number of anilines is 1. The van der Waals surface area contributed by atoms with Crippen LogP contribution < -0.4 is 14.8 Å². The Morgan fingerprint density at radius 1 is 1.11 bits per heavy atom. The summed E-state index contributed by atoms with van der Waals surface area (Å²) in [5.41, 5.74) is 4.47. The fourth-order valence-corrected chi connectivity index (χ4v) is 3.01. The molecular formula is C22H24N2O4. The lowest BCUT2D eigenvalue weighted by Crippen LogP contribution is -2.16. The minimum Gasteiger partial charge on any atom is -0.495 e. The van der Waals surface area contributed by atoms with Gasteiger partial charge in [-0.25, -0.2) is 0 Å². The first-order valence-corrected chi connectivity index (χ1v) is 9.01. The molecule has 1 aromatic heterocycles. The van der Waals surface area contributed by atoms with Crippen LogP contribution in [0.3, 0.4) is 0 Å². The van der Waals surface area contributed by atoms with E-state index >= 15 is 0 Å². The lowest BCUT2D eigenvalue weighted by atomic mass is 10.1. The van der Waals surface area contributed by atoms with Crippen LogP contribution in [0.25, 0.3) is 0 Å². The maximum absolute atomic E-state index is 12.8. The quantitative estimate of drug-likeness (QED) is 0.668. The van der Waals surface area contributed by atoms with Crippen molar-refractivity contribution in [3.63, 3.8) is 0 Å². The largest absolute Gasteiger partial charge is 0.495 e. The molecule has 1 amide bonds. The van der Waals surface area contributed by atoms with E-state index in [1.165, 1.54) is 0 Å². The van der Waals surface area contributed by atoms with E-state index in [0.29, 0.717) is 22.8 Å². The Balaban J connectivity index is 1.83. The second-order valence-corrected chi connectivity index (χ2v) is 6.73. The van der Waals surface area contributed by atoms with Crippen LogP contribution in [-0.4, -0.2) is 18.2 Å². The normalized spacial score (nSPS) is 10.6. The van der Waals surface area contributed by atoms with Gasteiger partial charge in [0.2, 0.25) is 0 Å². The standard InChI is InChI=1S/C22H24N2O4/c1-13-9-10-19(26-5)18(11-13)23-22(25)20-17(16(4)28-24-20)12-27-21-14(2)7-6-8-15(21)3/h6-11H,12H2,1-5H3,(H,23,25). The van der Waals surface area contributed by atoms with Gasteiger partial charge in [0.15, 0.2) is 5.69 Å². The molecule has 28 heavy (non-hydrogen) atoms. The number of para-hydroxylation sites is 1. The zero-order valence-corrected chi connectivity index (χ0v) is 16.8. The van der Waals surface area contributed by atoms with Crippen molar-refractivity contribution in [3.8, 4) is 11.5 Å². The fraction of sp³-hybridized carbons (Fsp3) is 0.273. The Labute approximate surface area is 164 Å². The van der Waals surface area contributed by atoms with Gasteiger partial charge in [0.1, 0.15) is 23.9 Å². The molecule has 0 bridgehead atoms. The van der Waals surface area contributed by atoms with E-state index in [1.807, 2.05) is 57.2 Å². The zero-order chi connectivity index (χ0) is 20.3. The Kier molecular flexibility index (Phi) is 5.68. The van der Waals surface area contributed by atoms with E-state index < -0.39 is 0 Å². The third-order valence-electron chi connectivity index (χ3n) is 4.57. The molecule has 0 aliphatic carbocycles. The molecule has 3 rings (SSSR count). The maximum atomic E-state index is 12.8. The minimum absolute atomic E-state index is 0.189. The van der Waals surface area contributed by atoms with Gasteiger partial charge in [-0.2, -0.15) is 0 Å². The van der Waals surface area contributed by atoms with E-state index in [9.17, 15) is 4.79 Å². The summed E-state index contributed by atoms with van der Waals surface area (Å²) in [4.78, 5) is 12.8. The molecule has 0 saturated carbocycles. The Bertz CT molecular complexity index is 988. The molecule has 0 saturated heterocycles. The summed E-state index contributed by atoms with van der Waals surface area (Å²) in [5.74, 6) is 1.55. The second kappa shape index (κ2) is 8.17. The van der Waals surface area contributed by atoms with Gasteiger partial charge in [0.05, 0.1) is 18.4 Å². The number of rotatable bonds is 6. The molecule has 0 fully saturated rings. The highest BCUT2D eigenvalue weighted by Crippen LogP contribution is 2.28. The van der Waals surface area contributed by atoms with Crippen LogP contribution in [0.15, 0.2) is 40.9 Å². The third kappa shape index (κ3) is 4.01. The summed E-state index contributed by atoms with van der Waals surface area (Å²) < 4.78 is 16.6. The lowest BCUT2D eigenvalue weighted by molar-refractivity contribution is 0.101. The molecule has 0 aliphatic heterocycles. The first-order valence-electron chi connectivity index (χ1n) is 9.01. The highest BCUT2D eigenvalue weighted by molar-refractivity contribution is 6.04. The number of aromatic nitrogens is 1. The smallest absolute Gasteiger partial charge is 0.278 e. The number of methoxy groups -OCH3 is 1. The van der Waals surface area contributed by atoms with E-state index in [4.69, 9.17) is 14.0 Å². The maximum Gasteiger partial charge on any atom is 0.278 e. The van der Waals surface area contributed by atoms with Crippen LogP contribution in [0.2, 0.25) is 0 Å². The molecule has 2 aromatic carbocycles. The fourth-order valence-electron chi connectivity index (χ4n) is 3.01. The summed E-state index contributed by atoms with van der Waals surface area (Å²) in [7, 11) is 1.56. The van der Waals surface area contributed by atoms with Gasteiger partial charge >= 0.3 is 0 Å². The molecule has 146 valence electrons. The first kappa shape index (κ1) is 19.5. The van der Waals surface area contributed by atoms with Crippen LogP contribution in [0.1, 0.15) is 38.5 Å². The summed E-state index contributed by atoms with van der Waals surface area (Å²) >= 11 is 0. The Morgan fingerprint density at radius 3 is 2.50 bits per heavy atom. The van der Waals surface area contributed by atoms with Gasteiger partial charge in [0.25, 0.3) is 5.91 Å². The number of nitrogens with zero attached hydrogens (tertiary/aromatic N) is 1. The minimum atomic E-state index is -0.374. The van der Waals surface area contributed by atoms with Gasteiger partial charge in [-0.15, -0.1) is 0 Å². The molecular weight excluding hydrogens is 356 g/mol. The molecule has 0 aliphatic rings. The van der Waals surface area contributed by atoms with Gasteiger partial charge in [-0.05, 0) is 56.5 Å². The van der Waals surface area contributed by atoms with Gasteiger partial charge in [-0.3, -0.25) is 4.79 Å². The van der Waals surface area contributed by atoms with Crippen LogP contribution in [-0.2, 0) is 6.61 Å². The molecule has 0 unspecified atom stereocenters. The van der Waals surface area contributed by atoms with Crippen LogP contribution in [0.5, 0.6) is 11.5 Å². The van der Waals surface area contributed by atoms with Crippen molar-refractivity contribution in [2.45, 2.75) is 34.3 Å². The molecule has 0 atom stereocenters. The van der Waals surface area contributed by atoms with Crippen molar-refractivity contribution in [2.75, 3.05) is 12.4 Å². The Hall–Kier alpha value is -3.28. The molecule has 3 aromatic rings. The first-order chi connectivity index (χ1) is 13.4. The van der Waals surface area contributed by atoms with E-state index in [1.54, 1.807) is 14.0 Å². The summed E-state index contributed by atoms with van der Waals surface area (Å²) in [6.45, 7) is 7.87. The SMILES string of the molecule is COc1ccc(C)cc1NC(=O)c1noc(C)c1COc1c(C)cccc1C. The number of benzene rings is 2. The number of hydrogen-bond acceptors (Lipinski definition) is 5. The number of amides is 1. The monoisotopic (exact) mass is 380 g/mol. The van der Waals surface area contributed by atoms with Crippen LogP contribution in [0.4, 0.5) is 5.69 Å². The van der Waals surface area contributed by atoms with E-state index in [2.05, 4.69) is 10.5 Å². The number of carbonyl (C=O) groups is 1. The highest BCUT2D eigenvalue weighted by Gasteiger charge is 2.22. The molecule has 1 heterocycles. The number of nitrogens with one attached hydrogen (secondary N) is 1. The summed E-state index contributed by atoms with van der Waals surface area (Å²) in [6.07, 6.45) is 0. The van der Waals surface area contributed by atoms with E-state index in [-0.39, 0.29) is 18.2 Å². The van der Waals surface area contributed by atoms with Crippen molar-refractivity contribution in [1.29, 1.82) is 0 Å². The second-order valence-electron chi connectivity index (χ2n) is 6.73. The van der Waals surface area contributed by atoms with E-state index in [0.717, 1.165) is 22.4 Å². The number of carbonyl (C=O) groups excluding carboxylic acids is 1. The van der Waals surface area contributed by atoms with Crippen molar-refractivity contribution >= 4 is 11.6 Å². The molecule has 0 spiro atoms. The van der Waals surface area contributed by atoms with Crippen molar-refractivity contribution in [3.05, 3.63) is 70.1 Å². The van der Waals surface area contributed by atoms with Gasteiger partial charge < -0.3 is 19.3 Å². The van der Waals surface area contributed by atoms with Gasteiger partial charge in [-0.1, -0.05) is 29.4 Å². The topological polar surface area (TPSA) is 73.6 Å².